The molecule has 0 atom stereocenters. The van der Waals surface area contributed by atoms with Gasteiger partial charge in [-0.2, -0.15) is 0 Å². The van der Waals surface area contributed by atoms with E-state index in [9.17, 15) is 8.78 Å². The number of fused-ring (bicyclic) bond motifs is 1. The number of nitrogens with zero attached hydrogens (tertiary/aromatic N) is 2. The largest absolute Gasteiger partial charge is 0.493 e. The number of nitrogens with one attached hydrogen (secondary N) is 1. The zero-order chi connectivity index (χ0) is 21.6. The van der Waals surface area contributed by atoms with Gasteiger partial charge in [0.2, 0.25) is 0 Å². The number of alkyl halides is 2. The predicted molar refractivity (Wildman–Crippen MR) is 116 cm³/mol. The Balaban J connectivity index is 1.51. The van der Waals surface area contributed by atoms with Crippen LogP contribution in [0.2, 0.25) is 0 Å². The zero-order valence-corrected chi connectivity index (χ0v) is 16.9. The highest BCUT2D eigenvalue weighted by molar-refractivity contribution is 5.89. The second-order valence-corrected chi connectivity index (χ2v) is 6.86. The highest BCUT2D eigenvalue weighted by atomic mass is 19.3. The maximum absolute atomic E-state index is 13.2. The van der Waals surface area contributed by atoms with E-state index in [1.54, 1.807) is 25.3 Å². The number of aromatic nitrogens is 2. The highest BCUT2D eigenvalue weighted by Crippen LogP contribution is 2.30. The summed E-state index contributed by atoms with van der Waals surface area (Å²) < 4.78 is 37.7. The molecule has 0 bridgehead atoms. The van der Waals surface area contributed by atoms with E-state index in [0.717, 1.165) is 11.1 Å². The predicted octanol–water partition coefficient (Wildman–Crippen LogP) is 5.77. The van der Waals surface area contributed by atoms with Crippen molar-refractivity contribution in [3.63, 3.8) is 0 Å². The van der Waals surface area contributed by atoms with Gasteiger partial charge >= 0.3 is 0 Å². The first kappa shape index (κ1) is 20.5. The molecule has 3 aromatic carbocycles. The Morgan fingerprint density at radius 1 is 0.871 bits per heavy atom. The molecule has 7 heteroatoms. The number of ether oxygens (including phenoxy) is 2. The number of rotatable bonds is 8. The molecule has 0 aliphatic carbocycles. The maximum atomic E-state index is 13.2. The number of methoxy groups -OCH3 is 1. The molecular weight excluding hydrogens is 400 g/mol. The van der Waals surface area contributed by atoms with Gasteiger partial charge in [-0.3, -0.25) is 0 Å². The number of benzene rings is 3. The van der Waals surface area contributed by atoms with Gasteiger partial charge in [-0.05, 0) is 35.4 Å². The molecule has 0 fully saturated rings. The average molecular weight is 421 g/mol. The molecule has 0 amide bonds. The summed E-state index contributed by atoms with van der Waals surface area (Å²) in [6, 6.07) is 22.5. The maximum Gasteiger partial charge on any atom is 0.297 e. The van der Waals surface area contributed by atoms with E-state index in [0.29, 0.717) is 41.4 Å². The van der Waals surface area contributed by atoms with Crippen LogP contribution in [0.3, 0.4) is 0 Å². The van der Waals surface area contributed by atoms with Gasteiger partial charge in [0.1, 0.15) is 12.4 Å². The molecule has 1 aromatic heterocycles. The van der Waals surface area contributed by atoms with Gasteiger partial charge in [-0.25, -0.2) is 18.7 Å². The summed E-state index contributed by atoms with van der Waals surface area (Å²) in [7, 11) is 1.58. The van der Waals surface area contributed by atoms with E-state index >= 15 is 0 Å². The summed E-state index contributed by atoms with van der Waals surface area (Å²) >= 11 is 0. The SMILES string of the molecule is COc1cc(CNc2nc(C(F)F)nc3ccccc23)ccc1OCc1ccccc1. The lowest BCUT2D eigenvalue weighted by Gasteiger charge is -2.14. The smallest absolute Gasteiger partial charge is 0.297 e. The van der Waals surface area contributed by atoms with Crippen LogP contribution in [0.15, 0.2) is 72.8 Å². The van der Waals surface area contributed by atoms with E-state index < -0.39 is 12.2 Å². The van der Waals surface area contributed by atoms with Gasteiger partial charge in [-0.15, -0.1) is 0 Å². The second kappa shape index (κ2) is 9.38. The number of hydrogen-bond donors (Lipinski definition) is 1. The van der Waals surface area contributed by atoms with Gasteiger partial charge < -0.3 is 14.8 Å². The standard InChI is InChI=1S/C24H21F2N3O2/c1-30-21-13-17(11-12-20(21)31-15-16-7-3-2-4-8-16)14-27-23-18-9-5-6-10-19(18)28-24(29-23)22(25)26/h2-13,22H,14-15H2,1H3,(H,27,28,29). The van der Waals surface area contributed by atoms with E-state index in [4.69, 9.17) is 9.47 Å². The molecule has 158 valence electrons. The molecule has 4 aromatic rings. The molecule has 1 N–H and O–H groups in total. The highest BCUT2D eigenvalue weighted by Gasteiger charge is 2.15. The molecule has 0 unspecified atom stereocenters. The number of hydrogen-bond acceptors (Lipinski definition) is 5. The molecule has 0 spiro atoms. The molecule has 0 saturated carbocycles. The molecule has 4 rings (SSSR count). The summed E-state index contributed by atoms with van der Waals surface area (Å²) in [6.45, 7) is 0.803. The lowest BCUT2D eigenvalue weighted by molar-refractivity contribution is 0.141. The summed E-state index contributed by atoms with van der Waals surface area (Å²) in [5.74, 6) is 1.09. The average Bonchev–Trinajstić information content (AvgIpc) is 2.81. The summed E-state index contributed by atoms with van der Waals surface area (Å²) in [6.07, 6.45) is -2.74. The number of halogens is 2. The van der Waals surface area contributed by atoms with Crippen molar-refractivity contribution in [3.8, 4) is 11.5 Å². The molecule has 0 aliphatic rings. The van der Waals surface area contributed by atoms with Crippen molar-refractivity contribution >= 4 is 16.7 Å². The van der Waals surface area contributed by atoms with Crippen LogP contribution in [-0.4, -0.2) is 17.1 Å². The Morgan fingerprint density at radius 2 is 1.65 bits per heavy atom. The van der Waals surface area contributed by atoms with Crippen LogP contribution in [0.25, 0.3) is 10.9 Å². The van der Waals surface area contributed by atoms with Crippen molar-refractivity contribution in [2.45, 2.75) is 19.6 Å². The van der Waals surface area contributed by atoms with Crippen LogP contribution in [0.4, 0.5) is 14.6 Å². The van der Waals surface area contributed by atoms with Crippen LogP contribution < -0.4 is 14.8 Å². The fourth-order valence-electron chi connectivity index (χ4n) is 3.19. The topological polar surface area (TPSA) is 56.3 Å². The van der Waals surface area contributed by atoms with Gasteiger partial charge in [0.05, 0.1) is 12.6 Å². The lowest BCUT2D eigenvalue weighted by atomic mass is 10.2. The van der Waals surface area contributed by atoms with E-state index in [1.807, 2.05) is 54.6 Å². The Labute approximate surface area is 178 Å². The lowest BCUT2D eigenvalue weighted by Crippen LogP contribution is -2.06. The quantitative estimate of drug-likeness (QED) is 0.392. The van der Waals surface area contributed by atoms with Crippen LogP contribution >= 0.6 is 0 Å². The third kappa shape index (κ3) is 4.88. The van der Waals surface area contributed by atoms with Gasteiger partial charge in [-0.1, -0.05) is 48.5 Å². The van der Waals surface area contributed by atoms with Crippen molar-refractivity contribution in [3.05, 3.63) is 89.7 Å². The van der Waals surface area contributed by atoms with Crippen molar-refractivity contribution in [2.24, 2.45) is 0 Å². The van der Waals surface area contributed by atoms with Crippen LogP contribution in [-0.2, 0) is 13.2 Å². The van der Waals surface area contributed by atoms with Crippen molar-refractivity contribution in [2.75, 3.05) is 12.4 Å². The zero-order valence-electron chi connectivity index (χ0n) is 16.9. The fraction of sp³-hybridized carbons (Fsp3) is 0.167. The van der Waals surface area contributed by atoms with Crippen LogP contribution in [0.5, 0.6) is 11.5 Å². The normalized spacial score (nSPS) is 11.0. The molecule has 31 heavy (non-hydrogen) atoms. The van der Waals surface area contributed by atoms with Crippen molar-refractivity contribution in [1.29, 1.82) is 0 Å². The minimum Gasteiger partial charge on any atom is -0.493 e. The van der Waals surface area contributed by atoms with E-state index in [2.05, 4.69) is 15.3 Å². The van der Waals surface area contributed by atoms with Gasteiger partial charge in [0.15, 0.2) is 17.3 Å². The molecule has 1 heterocycles. The second-order valence-electron chi connectivity index (χ2n) is 6.86. The van der Waals surface area contributed by atoms with E-state index in [-0.39, 0.29) is 0 Å². The summed E-state index contributed by atoms with van der Waals surface area (Å²) in [5, 5.41) is 3.83. The first-order chi connectivity index (χ1) is 15.1. The van der Waals surface area contributed by atoms with Gasteiger partial charge in [0.25, 0.3) is 6.43 Å². The first-order valence-electron chi connectivity index (χ1n) is 9.76. The summed E-state index contributed by atoms with van der Waals surface area (Å²) in [5.41, 5.74) is 2.42. The Kier molecular flexibility index (Phi) is 6.21. The third-order valence-electron chi connectivity index (χ3n) is 4.74. The third-order valence-corrected chi connectivity index (χ3v) is 4.74. The first-order valence-corrected chi connectivity index (χ1v) is 9.76. The minimum atomic E-state index is -2.74. The Hall–Kier alpha value is -3.74. The van der Waals surface area contributed by atoms with Crippen LogP contribution in [0.1, 0.15) is 23.4 Å². The Morgan fingerprint density at radius 3 is 2.42 bits per heavy atom. The number of anilines is 1. The molecule has 0 saturated heterocycles. The van der Waals surface area contributed by atoms with Crippen molar-refractivity contribution in [1.82, 2.24) is 9.97 Å². The number of para-hydroxylation sites is 1. The molecule has 5 nitrogen and oxygen atoms in total. The molecule has 0 aliphatic heterocycles. The van der Waals surface area contributed by atoms with Crippen LogP contribution in [0, 0.1) is 0 Å². The van der Waals surface area contributed by atoms with Crippen molar-refractivity contribution < 1.29 is 18.3 Å². The molecule has 0 radical (unpaired) electrons. The molecular formula is C24H21F2N3O2. The summed E-state index contributed by atoms with van der Waals surface area (Å²) in [4.78, 5) is 7.95. The Bertz CT molecular complexity index is 1170. The fourth-order valence-corrected chi connectivity index (χ4v) is 3.19. The van der Waals surface area contributed by atoms with E-state index in [1.165, 1.54) is 0 Å². The minimum absolute atomic E-state index is 0.365. The monoisotopic (exact) mass is 421 g/mol. The van der Waals surface area contributed by atoms with Gasteiger partial charge in [0, 0.05) is 11.9 Å².